The van der Waals surface area contributed by atoms with E-state index in [1.54, 1.807) is 6.92 Å². The highest BCUT2D eigenvalue weighted by Crippen LogP contribution is 2.24. The molecule has 0 radical (unpaired) electrons. The molecule has 2 unspecified atom stereocenters. The van der Waals surface area contributed by atoms with Crippen molar-refractivity contribution in [2.75, 3.05) is 13.2 Å². The lowest BCUT2D eigenvalue weighted by molar-refractivity contribution is -0.168. The van der Waals surface area contributed by atoms with Crippen LogP contribution in [0.5, 0.6) is 0 Å². The van der Waals surface area contributed by atoms with Crippen LogP contribution in [0.15, 0.2) is 11.6 Å². The predicted molar refractivity (Wildman–Crippen MR) is 101 cm³/mol. The van der Waals surface area contributed by atoms with Gasteiger partial charge in [-0.25, -0.2) is 0 Å². The minimum Gasteiger partial charge on any atom is -0.481 e. The summed E-state index contributed by atoms with van der Waals surface area (Å²) in [7, 11) is 0. The second-order valence-electron chi connectivity index (χ2n) is 7.90. The average molecular weight is 373 g/mol. The summed E-state index contributed by atoms with van der Waals surface area (Å²) < 4.78 is 0. The topological polar surface area (TPSA) is 115 Å². The Labute approximate surface area is 156 Å². The van der Waals surface area contributed by atoms with Crippen molar-refractivity contribution in [2.45, 2.75) is 72.3 Å². The molecule has 0 saturated heterocycles. The largest absolute Gasteiger partial charge is 0.481 e. The second-order valence-corrected chi connectivity index (χ2v) is 7.90. The highest BCUT2D eigenvalue weighted by molar-refractivity contribution is 5.98. The Morgan fingerprint density at radius 2 is 1.54 bits per heavy atom. The fourth-order valence-corrected chi connectivity index (χ4v) is 2.89. The zero-order chi connectivity index (χ0) is 20.3. The third kappa shape index (κ3) is 7.98. The molecule has 0 aromatic rings. The summed E-state index contributed by atoms with van der Waals surface area (Å²) in [6.07, 6.45) is 5.52. The zero-order valence-electron chi connectivity index (χ0n) is 16.6. The standard InChI is InChI=1S/C20H36O6/c1-14(2)7-5-8-15(3)9-6-10-16(4)11-17(23)18(24)20(12-21,13-22)19(25)26/h11,14-15,18,21-22,24H,5-10,12-13H2,1-4H3,(H,25,26). The number of aliphatic hydroxyl groups excluding tert-OH is 3. The van der Waals surface area contributed by atoms with Gasteiger partial charge in [-0.15, -0.1) is 0 Å². The van der Waals surface area contributed by atoms with Gasteiger partial charge in [0.2, 0.25) is 0 Å². The lowest BCUT2D eigenvalue weighted by Crippen LogP contribution is -2.51. The number of carboxylic acid groups (broad SMARTS) is 1. The normalized spacial score (nSPS) is 15.2. The third-order valence-electron chi connectivity index (χ3n) is 4.92. The molecule has 0 aromatic heterocycles. The van der Waals surface area contributed by atoms with Crippen molar-refractivity contribution in [1.82, 2.24) is 0 Å². The second kappa shape index (κ2) is 12.2. The first-order valence-electron chi connectivity index (χ1n) is 9.44. The van der Waals surface area contributed by atoms with Gasteiger partial charge in [-0.3, -0.25) is 9.59 Å². The van der Waals surface area contributed by atoms with E-state index in [9.17, 15) is 24.9 Å². The number of rotatable bonds is 14. The van der Waals surface area contributed by atoms with Gasteiger partial charge >= 0.3 is 5.97 Å². The Bertz CT molecular complexity index is 465. The molecule has 152 valence electrons. The van der Waals surface area contributed by atoms with Crippen LogP contribution in [0.2, 0.25) is 0 Å². The van der Waals surface area contributed by atoms with Gasteiger partial charge < -0.3 is 20.4 Å². The summed E-state index contributed by atoms with van der Waals surface area (Å²) in [6, 6.07) is 0. The predicted octanol–water partition coefficient (Wildman–Crippen LogP) is 2.55. The minimum atomic E-state index is -2.28. The number of carbonyl (C=O) groups is 2. The number of aliphatic carboxylic acids is 1. The maximum absolute atomic E-state index is 12.1. The lowest BCUT2D eigenvalue weighted by Gasteiger charge is -2.28. The summed E-state index contributed by atoms with van der Waals surface area (Å²) in [5.41, 5.74) is -1.53. The van der Waals surface area contributed by atoms with Crippen molar-refractivity contribution in [1.29, 1.82) is 0 Å². The summed E-state index contributed by atoms with van der Waals surface area (Å²) in [6.45, 7) is 6.37. The molecule has 0 aliphatic carbocycles. The van der Waals surface area contributed by atoms with E-state index < -0.39 is 36.5 Å². The monoisotopic (exact) mass is 372 g/mol. The van der Waals surface area contributed by atoms with Gasteiger partial charge in [-0.1, -0.05) is 52.0 Å². The molecule has 0 aliphatic heterocycles. The third-order valence-corrected chi connectivity index (χ3v) is 4.92. The van der Waals surface area contributed by atoms with Crippen LogP contribution in [0.4, 0.5) is 0 Å². The van der Waals surface area contributed by atoms with E-state index in [0.29, 0.717) is 12.3 Å². The Balaban J connectivity index is 4.53. The van der Waals surface area contributed by atoms with Crippen molar-refractivity contribution in [3.8, 4) is 0 Å². The Morgan fingerprint density at radius 3 is 2.00 bits per heavy atom. The number of aliphatic hydroxyl groups is 3. The van der Waals surface area contributed by atoms with Crippen molar-refractivity contribution in [3.63, 3.8) is 0 Å². The van der Waals surface area contributed by atoms with Gasteiger partial charge in [0.1, 0.15) is 11.5 Å². The number of hydrogen-bond donors (Lipinski definition) is 4. The molecule has 0 saturated carbocycles. The van der Waals surface area contributed by atoms with E-state index in [0.717, 1.165) is 24.3 Å². The van der Waals surface area contributed by atoms with E-state index >= 15 is 0 Å². The van der Waals surface area contributed by atoms with Crippen LogP contribution < -0.4 is 0 Å². The molecule has 0 heterocycles. The zero-order valence-corrected chi connectivity index (χ0v) is 16.6. The van der Waals surface area contributed by atoms with Gasteiger partial charge in [0.05, 0.1) is 13.2 Å². The quantitative estimate of drug-likeness (QED) is 0.348. The van der Waals surface area contributed by atoms with E-state index in [4.69, 9.17) is 5.11 Å². The molecule has 6 heteroatoms. The van der Waals surface area contributed by atoms with Crippen molar-refractivity contribution >= 4 is 11.8 Å². The maximum atomic E-state index is 12.1. The molecule has 0 aromatic carbocycles. The Kier molecular flexibility index (Phi) is 11.6. The van der Waals surface area contributed by atoms with Crippen LogP contribution in [0, 0.1) is 17.3 Å². The molecule has 0 bridgehead atoms. The molecule has 4 N–H and O–H groups in total. The van der Waals surface area contributed by atoms with Gasteiger partial charge in [0, 0.05) is 0 Å². The molecule has 0 amide bonds. The van der Waals surface area contributed by atoms with Crippen LogP contribution in [0.25, 0.3) is 0 Å². The maximum Gasteiger partial charge on any atom is 0.317 e. The van der Waals surface area contributed by atoms with E-state index in [1.165, 1.54) is 25.3 Å². The molecule has 0 aliphatic rings. The van der Waals surface area contributed by atoms with Crippen LogP contribution >= 0.6 is 0 Å². The summed E-state index contributed by atoms with van der Waals surface area (Å²) in [4.78, 5) is 23.4. The number of carboxylic acids is 1. The molecule has 6 nitrogen and oxygen atoms in total. The summed E-state index contributed by atoms with van der Waals surface area (Å²) in [5, 5.41) is 37.6. The van der Waals surface area contributed by atoms with E-state index in [1.807, 2.05) is 0 Å². The lowest BCUT2D eigenvalue weighted by atomic mass is 9.81. The fraction of sp³-hybridized carbons (Fsp3) is 0.800. The highest BCUT2D eigenvalue weighted by atomic mass is 16.4. The van der Waals surface area contributed by atoms with E-state index in [-0.39, 0.29) is 0 Å². The van der Waals surface area contributed by atoms with Crippen LogP contribution in [0.3, 0.4) is 0 Å². The first-order valence-corrected chi connectivity index (χ1v) is 9.44. The number of ketones is 1. The number of hydrogen-bond acceptors (Lipinski definition) is 5. The number of allylic oxidation sites excluding steroid dienone is 1. The molecular weight excluding hydrogens is 336 g/mol. The smallest absolute Gasteiger partial charge is 0.317 e. The first kappa shape index (κ1) is 24.8. The molecule has 0 rings (SSSR count). The molecular formula is C20H36O6. The van der Waals surface area contributed by atoms with Crippen LogP contribution in [0.1, 0.15) is 66.2 Å². The van der Waals surface area contributed by atoms with Crippen LogP contribution in [-0.2, 0) is 9.59 Å². The molecule has 2 atom stereocenters. The molecule has 0 fully saturated rings. The Hall–Kier alpha value is -1.24. The Morgan fingerprint density at radius 1 is 1.00 bits per heavy atom. The minimum absolute atomic E-state index is 0.617. The highest BCUT2D eigenvalue weighted by Gasteiger charge is 2.47. The average Bonchev–Trinajstić information content (AvgIpc) is 2.55. The number of carbonyl (C=O) groups excluding carboxylic acids is 1. The van der Waals surface area contributed by atoms with Crippen LogP contribution in [-0.4, -0.2) is 51.5 Å². The summed E-state index contributed by atoms with van der Waals surface area (Å²) in [5.74, 6) is -1.07. The molecule has 26 heavy (non-hydrogen) atoms. The summed E-state index contributed by atoms with van der Waals surface area (Å²) >= 11 is 0. The van der Waals surface area contributed by atoms with E-state index in [2.05, 4.69) is 20.8 Å². The van der Waals surface area contributed by atoms with Crippen molar-refractivity contribution < 1.29 is 30.0 Å². The van der Waals surface area contributed by atoms with Gasteiger partial charge in [0.25, 0.3) is 0 Å². The SMILES string of the molecule is CC(=CC(=O)C(O)C(CO)(CO)C(=O)O)CCCC(C)CCCC(C)C. The van der Waals surface area contributed by atoms with Gasteiger partial charge in [-0.2, -0.15) is 0 Å². The van der Waals surface area contributed by atoms with Crippen molar-refractivity contribution in [2.24, 2.45) is 17.3 Å². The van der Waals surface area contributed by atoms with Crippen molar-refractivity contribution in [3.05, 3.63) is 11.6 Å². The molecule has 0 spiro atoms. The fourth-order valence-electron chi connectivity index (χ4n) is 2.89. The van der Waals surface area contributed by atoms with Gasteiger partial charge in [0.15, 0.2) is 5.78 Å². The van der Waals surface area contributed by atoms with Gasteiger partial charge in [-0.05, 0) is 37.7 Å². The first-order chi connectivity index (χ1) is 12.1.